The van der Waals surface area contributed by atoms with E-state index in [9.17, 15) is 18.4 Å². The van der Waals surface area contributed by atoms with E-state index in [-0.39, 0.29) is 5.69 Å². The van der Waals surface area contributed by atoms with Crippen LogP contribution < -0.4 is 5.32 Å². The van der Waals surface area contributed by atoms with Gasteiger partial charge in [0, 0.05) is 6.07 Å². The van der Waals surface area contributed by atoms with Crippen molar-refractivity contribution in [3.63, 3.8) is 0 Å². The highest BCUT2D eigenvalue weighted by Gasteiger charge is 2.36. The molecule has 0 heterocycles. The van der Waals surface area contributed by atoms with Crippen molar-refractivity contribution in [2.45, 2.75) is 13.8 Å². The van der Waals surface area contributed by atoms with E-state index in [1.165, 1.54) is 13.8 Å². The summed E-state index contributed by atoms with van der Waals surface area (Å²) >= 11 is 0. The van der Waals surface area contributed by atoms with Gasteiger partial charge in [-0.2, -0.15) is 0 Å². The Morgan fingerprint density at radius 2 is 1.88 bits per heavy atom. The van der Waals surface area contributed by atoms with Gasteiger partial charge in [0.25, 0.3) is 0 Å². The zero-order chi connectivity index (χ0) is 13.2. The Bertz CT molecular complexity index is 472. The van der Waals surface area contributed by atoms with Crippen LogP contribution in [0.4, 0.5) is 14.5 Å². The van der Waals surface area contributed by atoms with Crippen LogP contribution in [0.25, 0.3) is 0 Å². The van der Waals surface area contributed by atoms with Gasteiger partial charge in [0.1, 0.15) is 17.0 Å². The second kappa shape index (κ2) is 4.48. The van der Waals surface area contributed by atoms with Gasteiger partial charge in [0.2, 0.25) is 5.91 Å². The first-order valence-corrected chi connectivity index (χ1v) is 4.75. The van der Waals surface area contributed by atoms with Gasteiger partial charge in [-0.05, 0) is 26.0 Å². The molecule has 0 fully saturated rings. The molecule has 1 aromatic rings. The largest absolute Gasteiger partial charge is 0.480 e. The van der Waals surface area contributed by atoms with E-state index >= 15 is 0 Å². The Hall–Kier alpha value is -1.98. The Balaban J connectivity index is 2.96. The van der Waals surface area contributed by atoms with E-state index in [1.807, 2.05) is 5.32 Å². The molecule has 0 bridgehead atoms. The van der Waals surface area contributed by atoms with E-state index < -0.39 is 28.9 Å². The molecule has 1 aromatic carbocycles. The van der Waals surface area contributed by atoms with E-state index in [2.05, 4.69) is 0 Å². The van der Waals surface area contributed by atoms with Gasteiger partial charge in [-0.15, -0.1) is 0 Å². The number of carbonyl (C=O) groups is 2. The van der Waals surface area contributed by atoms with E-state index in [1.54, 1.807) is 0 Å². The highest BCUT2D eigenvalue weighted by Crippen LogP contribution is 2.21. The molecule has 0 spiro atoms. The van der Waals surface area contributed by atoms with Crippen LogP contribution in [0.1, 0.15) is 13.8 Å². The molecular weight excluding hydrogens is 232 g/mol. The Labute approximate surface area is 96.3 Å². The second-order valence-electron chi connectivity index (χ2n) is 4.01. The van der Waals surface area contributed by atoms with Crippen molar-refractivity contribution in [3.05, 3.63) is 29.8 Å². The Morgan fingerprint density at radius 3 is 2.41 bits per heavy atom. The summed E-state index contributed by atoms with van der Waals surface area (Å²) in [6.45, 7) is 2.34. The Kier molecular flexibility index (Phi) is 3.45. The van der Waals surface area contributed by atoms with E-state index in [4.69, 9.17) is 5.11 Å². The second-order valence-corrected chi connectivity index (χ2v) is 4.01. The maximum atomic E-state index is 13.2. The molecule has 1 amide bonds. The first kappa shape index (κ1) is 13.1. The van der Waals surface area contributed by atoms with Crippen LogP contribution in [0.3, 0.4) is 0 Å². The summed E-state index contributed by atoms with van der Waals surface area (Å²) in [6.07, 6.45) is 0. The molecule has 0 radical (unpaired) electrons. The highest BCUT2D eigenvalue weighted by molar-refractivity contribution is 6.07. The summed E-state index contributed by atoms with van der Waals surface area (Å²) in [5.41, 5.74) is -2.11. The van der Waals surface area contributed by atoms with Crippen LogP contribution in [-0.4, -0.2) is 17.0 Å². The van der Waals surface area contributed by atoms with Crippen LogP contribution >= 0.6 is 0 Å². The van der Waals surface area contributed by atoms with Gasteiger partial charge in [-0.1, -0.05) is 0 Å². The molecular formula is C11H11F2NO3. The molecule has 0 saturated heterocycles. The summed E-state index contributed by atoms with van der Waals surface area (Å²) in [6, 6.07) is 2.53. The molecule has 6 heteroatoms. The average Bonchev–Trinajstić information content (AvgIpc) is 2.23. The molecule has 0 saturated carbocycles. The first-order valence-electron chi connectivity index (χ1n) is 4.75. The van der Waals surface area contributed by atoms with Crippen molar-refractivity contribution < 1.29 is 23.5 Å². The summed E-state index contributed by atoms with van der Waals surface area (Å²) in [5.74, 6) is -3.84. The molecule has 92 valence electrons. The predicted octanol–water partition coefficient (Wildman–Crippen LogP) is 2.01. The number of carbonyl (C=O) groups excluding carboxylic acids is 1. The molecule has 1 rings (SSSR count). The molecule has 2 N–H and O–H groups in total. The minimum absolute atomic E-state index is 0.385. The van der Waals surface area contributed by atoms with Crippen molar-refractivity contribution in [1.82, 2.24) is 0 Å². The molecule has 0 unspecified atom stereocenters. The Morgan fingerprint density at radius 1 is 1.29 bits per heavy atom. The quantitative estimate of drug-likeness (QED) is 0.798. The molecule has 0 aliphatic carbocycles. The predicted molar refractivity (Wildman–Crippen MR) is 56.4 cm³/mol. The van der Waals surface area contributed by atoms with Crippen molar-refractivity contribution in [2.75, 3.05) is 5.32 Å². The van der Waals surface area contributed by atoms with Crippen LogP contribution in [0.5, 0.6) is 0 Å². The summed E-state index contributed by atoms with van der Waals surface area (Å²) < 4.78 is 26.0. The van der Waals surface area contributed by atoms with Crippen molar-refractivity contribution >= 4 is 17.6 Å². The smallest absolute Gasteiger partial charge is 0.318 e. The number of hydrogen-bond donors (Lipinski definition) is 2. The number of hydrogen-bond acceptors (Lipinski definition) is 2. The fourth-order valence-electron chi connectivity index (χ4n) is 0.969. The number of aliphatic carboxylic acids is 1. The number of nitrogens with one attached hydrogen (secondary N) is 1. The topological polar surface area (TPSA) is 66.4 Å². The lowest BCUT2D eigenvalue weighted by molar-refractivity contribution is -0.151. The van der Waals surface area contributed by atoms with Gasteiger partial charge in [-0.25, -0.2) is 8.78 Å². The van der Waals surface area contributed by atoms with Gasteiger partial charge in [0.05, 0.1) is 5.69 Å². The number of benzene rings is 1. The SMILES string of the molecule is CC(C)(C(=O)O)C(=O)Nc1cc(F)ccc1F. The number of halogens is 2. The van der Waals surface area contributed by atoms with E-state index in [0.29, 0.717) is 0 Å². The fraction of sp³-hybridized carbons (Fsp3) is 0.273. The van der Waals surface area contributed by atoms with Crippen molar-refractivity contribution in [2.24, 2.45) is 5.41 Å². The minimum Gasteiger partial charge on any atom is -0.480 e. The number of amides is 1. The third-order valence-electron chi connectivity index (χ3n) is 2.28. The molecule has 0 aliphatic heterocycles. The molecule has 4 nitrogen and oxygen atoms in total. The molecule has 0 aromatic heterocycles. The first-order chi connectivity index (χ1) is 7.75. The highest BCUT2D eigenvalue weighted by atomic mass is 19.1. The third-order valence-corrected chi connectivity index (χ3v) is 2.28. The number of carboxylic acids is 1. The standard InChI is InChI=1S/C11H11F2NO3/c1-11(2,10(16)17)9(15)14-8-5-6(12)3-4-7(8)13/h3-5H,1-2H3,(H,14,15)(H,16,17). The normalized spacial score (nSPS) is 11.1. The van der Waals surface area contributed by atoms with Crippen LogP contribution in [0.2, 0.25) is 0 Å². The molecule has 17 heavy (non-hydrogen) atoms. The van der Waals surface area contributed by atoms with Crippen LogP contribution in [0, 0.1) is 17.0 Å². The van der Waals surface area contributed by atoms with Crippen LogP contribution in [0.15, 0.2) is 18.2 Å². The fourth-order valence-corrected chi connectivity index (χ4v) is 0.969. The molecule has 0 aliphatic rings. The zero-order valence-electron chi connectivity index (χ0n) is 9.25. The summed E-state index contributed by atoms with van der Waals surface area (Å²) in [7, 11) is 0. The molecule has 0 atom stereocenters. The van der Waals surface area contributed by atoms with Gasteiger partial charge in [0.15, 0.2) is 0 Å². The van der Waals surface area contributed by atoms with Crippen molar-refractivity contribution in [1.29, 1.82) is 0 Å². The van der Waals surface area contributed by atoms with Gasteiger partial charge < -0.3 is 10.4 Å². The van der Waals surface area contributed by atoms with Gasteiger partial charge >= 0.3 is 5.97 Å². The maximum absolute atomic E-state index is 13.2. The third kappa shape index (κ3) is 2.77. The number of anilines is 1. The zero-order valence-corrected chi connectivity index (χ0v) is 9.25. The van der Waals surface area contributed by atoms with E-state index in [0.717, 1.165) is 18.2 Å². The average molecular weight is 243 g/mol. The minimum atomic E-state index is -1.72. The monoisotopic (exact) mass is 243 g/mol. The lowest BCUT2D eigenvalue weighted by Crippen LogP contribution is -2.38. The van der Waals surface area contributed by atoms with Crippen molar-refractivity contribution in [3.8, 4) is 0 Å². The summed E-state index contributed by atoms with van der Waals surface area (Å²) in [5, 5.41) is 10.8. The van der Waals surface area contributed by atoms with Gasteiger partial charge in [-0.3, -0.25) is 9.59 Å². The lowest BCUT2D eigenvalue weighted by Gasteiger charge is -2.18. The number of rotatable bonds is 3. The number of carboxylic acid groups (broad SMARTS) is 1. The maximum Gasteiger partial charge on any atom is 0.318 e. The lowest BCUT2D eigenvalue weighted by atomic mass is 9.92. The summed E-state index contributed by atoms with van der Waals surface area (Å²) in [4.78, 5) is 22.3. The van der Waals surface area contributed by atoms with Crippen LogP contribution in [-0.2, 0) is 9.59 Å².